The Hall–Kier alpha value is -8.08. The molecule has 0 amide bonds. The van der Waals surface area contributed by atoms with Gasteiger partial charge in [-0.2, -0.15) is 0 Å². The van der Waals surface area contributed by atoms with E-state index in [-0.39, 0.29) is 0 Å². The standard InChI is InChI=1S/C57H36N4/c1-4-16-39(17-5-1)50-36-51(40-18-6-2-7-19-40)59-55(58-50)42-32-28-37(29-33-42)38-30-34-43(35-31-38)56-60-53(41-20-8-3-9-21-41)52-54(61-56)46-24-12-15-27-49(46)57(52)47-25-13-10-22-44(47)45-23-11-14-26-48(45)57/h1-36H. The molecule has 2 aromatic heterocycles. The van der Waals surface area contributed by atoms with Gasteiger partial charge in [0.15, 0.2) is 11.6 Å². The smallest absolute Gasteiger partial charge is 0.160 e. The van der Waals surface area contributed by atoms with Gasteiger partial charge in [-0.3, -0.25) is 0 Å². The highest BCUT2D eigenvalue weighted by atomic mass is 14.9. The maximum Gasteiger partial charge on any atom is 0.160 e. The van der Waals surface area contributed by atoms with Crippen LogP contribution in [0, 0.1) is 0 Å². The Morgan fingerprint density at radius 2 is 0.623 bits per heavy atom. The highest BCUT2D eigenvalue weighted by Crippen LogP contribution is 2.64. The lowest BCUT2D eigenvalue weighted by Crippen LogP contribution is -2.27. The SMILES string of the molecule is c1ccc(-c2cc(-c3ccccc3)nc(-c3ccc(-c4ccc(-c5nc(-c6ccccc6)c6c(n5)-c5ccccc5C65c6ccccc6-c6ccccc65)cc4)cc3)n2)cc1. The van der Waals surface area contributed by atoms with Crippen LogP contribution in [-0.2, 0) is 5.41 Å². The zero-order valence-corrected chi connectivity index (χ0v) is 33.1. The summed E-state index contributed by atoms with van der Waals surface area (Å²) < 4.78 is 0. The van der Waals surface area contributed by atoms with Crippen LogP contribution >= 0.6 is 0 Å². The highest BCUT2D eigenvalue weighted by molar-refractivity contribution is 5.97. The molecule has 2 aliphatic carbocycles. The second-order valence-electron chi connectivity index (χ2n) is 15.7. The van der Waals surface area contributed by atoms with E-state index in [1.165, 1.54) is 27.8 Å². The summed E-state index contributed by atoms with van der Waals surface area (Å²) in [5, 5.41) is 0. The second-order valence-corrected chi connectivity index (χ2v) is 15.7. The maximum atomic E-state index is 5.51. The number of hydrogen-bond acceptors (Lipinski definition) is 4. The topological polar surface area (TPSA) is 51.6 Å². The first-order valence-electron chi connectivity index (χ1n) is 20.7. The van der Waals surface area contributed by atoms with Gasteiger partial charge >= 0.3 is 0 Å². The van der Waals surface area contributed by atoms with Gasteiger partial charge in [0.25, 0.3) is 0 Å². The predicted octanol–water partition coefficient (Wildman–Crippen LogP) is 13.6. The lowest BCUT2D eigenvalue weighted by atomic mass is 9.69. The summed E-state index contributed by atoms with van der Waals surface area (Å²) in [4.78, 5) is 21.1. The predicted molar refractivity (Wildman–Crippen MR) is 247 cm³/mol. The van der Waals surface area contributed by atoms with Crippen LogP contribution in [0.1, 0.15) is 22.3 Å². The molecule has 0 fully saturated rings. The Labute approximate surface area is 354 Å². The molecular formula is C57H36N4. The number of hydrogen-bond donors (Lipinski definition) is 0. The molecule has 61 heavy (non-hydrogen) atoms. The van der Waals surface area contributed by atoms with E-state index in [1.807, 2.05) is 36.4 Å². The van der Waals surface area contributed by atoms with E-state index in [0.717, 1.165) is 72.8 Å². The molecule has 1 spiro atoms. The van der Waals surface area contributed by atoms with Crippen molar-refractivity contribution in [1.82, 2.24) is 19.9 Å². The van der Waals surface area contributed by atoms with Gasteiger partial charge in [0, 0.05) is 38.9 Å². The molecule has 0 bridgehead atoms. The molecule has 0 saturated heterocycles. The van der Waals surface area contributed by atoms with Crippen molar-refractivity contribution < 1.29 is 0 Å². The molecule has 0 saturated carbocycles. The third-order valence-electron chi connectivity index (χ3n) is 12.4. The summed E-state index contributed by atoms with van der Waals surface area (Å²) in [5.74, 6) is 1.40. The van der Waals surface area contributed by atoms with E-state index < -0.39 is 5.41 Å². The Kier molecular flexibility index (Phi) is 8.04. The van der Waals surface area contributed by atoms with E-state index in [4.69, 9.17) is 19.9 Å². The molecule has 4 nitrogen and oxygen atoms in total. The van der Waals surface area contributed by atoms with Crippen LogP contribution < -0.4 is 0 Å². The van der Waals surface area contributed by atoms with Crippen LogP contribution in [0.15, 0.2) is 218 Å². The van der Waals surface area contributed by atoms with Crippen molar-refractivity contribution in [3.63, 3.8) is 0 Å². The van der Waals surface area contributed by atoms with Gasteiger partial charge in [-0.25, -0.2) is 19.9 Å². The zero-order chi connectivity index (χ0) is 40.3. The monoisotopic (exact) mass is 776 g/mol. The molecule has 8 aromatic carbocycles. The Balaban J connectivity index is 0.948. The molecule has 2 aliphatic rings. The van der Waals surface area contributed by atoms with E-state index in [2.05, 4.69) is 182 Å². The quantitative estimate of drug-likeness (QED) is 0.169. The van der Waals surface area contributed by atoms with Crippen molar-refractivity contribution in [2.75, 3.05) is 0 Å². The summed E-state index contributed by atoms with van der Waals surface area (Å²) in [6.07, 6.45) is 0. The van der Waals surface area contributed by atoms with Gasteiger partial charge in [0.2, 0.25) is 0 Å². The average molecular weight is 777 g/mol. The summed E-state index contributed by atoms with van der Waals surface area (Å²) in [6, 6.07) is 77.0. The molecule has 0 atom stereocenters. The fourth-order valence-corrected chi connectivity index (χ4v) is 9.60. The first-order chi connectivity index (χ1) is 30.2. The Morgan fingerprint density at radius 1 is 0.262 bits per heavy atom. The van der Waals surface area contributed by atoms with Crippen LogP contribution in [0.4, 0.5) is 0 Å². The van der Waals surface area contributed by atoms with Gasteiger partial charge in [-0.15, -0.1) is 0 Å². The van der Waals surface area contributed by atoms with E-state index >= 15 is 0 Å². The second kappa shape index (κ2) is 14.0. The van der Waals surface area contributed by atoms with Crippen LogP contribution in [0.25, 0.3) is 90.1 Å². The number of fused-ring (bicyclic) bond motifs is 10. The molecule has 0 radical (unpaired) electrons. The molecule has 0 aliphatic heterocycles. The lowest BCUT2D eigenvalue weighted by Gasteiger charge is -2.31. The molecule has 4 heteroatoms. The normalized spacial score (nSPS) is 12.7. The van der Waals surface area contributed by atoms with Crippen LogP contribution in [-0.4, -0.2) is 19.9 Å². The Bertz CT molecular complexity index is 3170. The summed E-state index contributed by atoms with van der Waals surface area (Å²) >= 11 is 0. The van der Waals surface area contributed by atoms with Crippen molar-refractivity contribution in [1.29, 1.82) is 0 Å². The van der Waals surface area contributed by atoms with Crippen molar-refractivity contribution in [3.05, 3.63) is 241 Å². The summed E-state index contributed by atoms with van der Waals surface area (Å²) in [5.41, 5.74) is 19.1. The lowest BCUT2D eigenvalue weighted by molar-refractivity contribution is 0.788. The van der Waals surface area contributed by atoms with Gasteiger partial charge < -0.3 is 0 Å². The first kappa shape index (κ1) is 34.9. The average Bonchev–Trinajstić information content (AvgIpc) is 3.82. The number of nitrogens with zero attached hydrogens (tertiary/aromatic N) is 4. The molecule has 0 unspecified atom stereocenters. The fourth-order valence-electron chi connectivity index (χ4n) is 9.60. The molecular weight excluding hydrogens is 741 g/mol. The molecule has 2 heterocycles. The number of rotatable bonds is 6. The van der Waals surface area contributed by atoms with Crippen molar-refractivity contribution in [3.8, 4) is 90.1 Å². The van der Waals surface area contributed by atoms with Gasteiger partial charge in [0.05, 0.1) is 28.2 Å². The summed E-state index contributed by atoms with van der Waals surface area (Å²) in [6.45, 7) is 0. The molecule has 10 aromatic rings. The first-order valence-corrected chi connectivity index (χ1v) is 20.7. The zero-order valence-electron chi connectivity index (χ0n) is 33.1. The summed E-state index contributed by atoms with van der Waals surface area (Å²) in [7, 11) is 0. The van der Waals surface area contributed by atoms with E-state index in [9.17, 15) is 0 Å². The van der Waals surface area contributed by atoms with Gasteiger partial charge in [-0.05, 0) is 45.0 Å². The van der Waals surface area contributed by atoms with Gasteiger partial charge in [-0.1, -0.05) is 212 Å². The third-order valence-corrected chi connectivity index (χ3v) is 12.4. The van der Waals surface area contributed by atoms with Crippen molar-refractivity contribution in [2.24, 2.45) is 0 Å². The minimum atomic E-state index is -0.546. The van der Waals surface area contributed by atoms with Crippen LogP contribution in [0.2, 0.25) is 0 Å². The molecule has 0 N–H and O–H groups in total. The highest BCUT2D eigenvalue weighted by Gasteiger charge is 2.54. The Morgan fingerprint density at radius 3 is 1.11 bits per heavy atom. The minimum Gasteiger partial charge on any atom is -0.228 e. The van der Waals surface area contributed by atoms with E-state index in [1.54, 1.807) is 0 Å². The fraction of sp³-hybridized carbons (Fsp3) is 0.0175. The molecule has 284 valence electrons. The van der Waals surface area contributed by atoms with Crippen molar-refractivity contribution in [2.45, 2.75) is 5.41 Å². The maximum absolute atomic E-state index is 5.51. The molecule has 12 rings (SSSR count). The van der Waals surface area contributed by atoms with Gasteiger partial charge in [0.1, 0.15) is 0 Å². The number of benzene rings is 8. The van der Waals surface area contributed by atoms with Crippen LogP contribution in [0.5, 0.6) is 0 Å². The largest absolute Gasteiger partial charge is 0.228 e. The van der Waals surface area contributed by atoms with Crippen LogP contribution in [0.3, 0.4) is 0 Å². The van der Waals surface area contributed by atoms with Crippen molar-refractivity contribution >= 4 is 0 Å². The number of aromatic nitrogens is 4. The van der Waals surface area contributed by atoms with E-state index in [0.29, 0.717) is 11.6 Å². The minimum absolute atomic E-state index is 0.546. The third kappa shape index (κ3) is 5.53.